The van der Waals surface area contributed by atoms with Crippen molar-refractivity contribution in [3.63, 3.8) is 0 Å². The Morgan fingerprint density at radius 1 is 1.54 bits per heavy atom. The molecule has 0 aliphatic carbocycles. The molecular formula is C8H16O5. The zero-order valence-electron chi connectivity index (χ0n) is 7.64. The van der Waals surface area contributed by atoms with Gasteiger partial charge in [-0.3, -0.25) is 0 Å². The van der Waals surface area contributed by atoms with E-state index in [1.54, 1.807) is 0 Å². The molecule has 1 saturated heterocycles. The monoisotopic (exact) mass is 192 g/mol. The van der Waals surface area contributed by atoms with Crippen molar-refractivity contribution in [1.29, 1.82) is 0 Å². The lowest BCUT2D eigenvalue weighted by molar-refractivity contribution is -0.228. The van der Waals surface area contributed by atoms with Gasteiger partial charge in [-0.1, -0.05) is 0 Å². The van der Waals surface area contributed by atoms with Crippen molar-refractivity contribution >= 4 is 0 Å². The molecule has 5 heteroatoms. The number of methoxy groups -OCH3 is 1. The van der Waals surface area contributed by atoms with Crippen LogP contribution in [0.5, 0.6) is 0 Å². The van der Waals surface area contributed by atoms with Gasteiger partial charge in [0.25, 0.3) is 0 Å². The Bertz CT molecular complexity index is 159. The normalized spacial score (nSPS) is 40.6. The Hall–Kier alpha value is -0.200. The highest BCUT2D eigenvalue weighted by Crippen LogP contribution is 2.25. The molecule has 0 bridgehead atoms. The molecule has 5 nitrogen and oxygen atoms in total. The van der Waals surface area contributed by atoms with Crippen molar-refractivity contribution in [3.05, 3.63) is 0 Å². The molecule has 1 aliphatic heterocycles. The fourth-order valence-corrected chi connectivity index (χ4v) is 1.53. The summed E-state index contributed by atoms with van der Waals surface area (Å²) in [5.41, 5.74) is -1.16. The maximum atomic E-state index is 9.60. The average Bonchev–Trinajstić information content (AvgIpc) is 2.13. The second-order valence-corrected chi connectivity index (χ2v) is 3.31. The van der Waals surface area contributed by atoms with E-state index in [-0.39, 0.29) is 13.2 Å². The van der Waals surface area contributed by atoms with Crippen molar-refractivity contribution in [2.45, 2.75) is 24.2 Å². The van der Waals surface area contributed by atoms with Gasteiger partial charge in [-0.05, 0) is 6.42 Å². The molecule has 0 radical (unpaired) electrons. The Balaban J connectivity index is 2.70. The Labute approximate surface area is 76.9 Å². The molecule has 13 heavy (non-hydrogen) atoms. The van der Waals surface area contributed by atoms with E-state index in [0.29, 0.717) is 13.0 Å². The Kier molecular flexibility index (Phi) is 3.63. The number of aliphatic hydroxyl groups is 3. The van der Waals surface area contributed by atoms with E-state index in [1.165, 1.54) is 7.11 Å². The Morgan fingerprint density at radius 3 is 2.77 bits per heavy atom. The van der Waals surface area contributed by atoms with E-state index < -0.39 is 17.8 Å². The lowest BCUT2D eigenvalue weighted by Gasteiger charge is -2.41. The summed E-state index contributed by atoms with van der Waals surface area (Å²) in [5, 5.41) is 28.1. The summed E-state index contributed by atoms with van der Waals surface area (Å²) < 4.78 is 10.1. The highest BCUT2D eigenvalue weighted by atomic mass is 16.6. The molecule has 3 N–H and O–H groups in total. The lowest BCUT2D eigenvalue weighted by Crippen LogP contribution is -2.60. The third-order valence-corrected chi connectivity index (χ3v) is 2.36. The van der Waals surface area contributed by atoms with Crippen LogP contribution in [0.15, 0.2) is 0 Å². The van der Waals surface area contributed by atoms with Crippen LogP contribution in [0.4, 0.5) is 0 Å². The van der Waals surface area contributed by atoms with E-state index in [2.05, 4.69) is 0 Å². The van der Waals surface area contributed by atoms with Gasteiger partial charge in [0.15, 0.2) is 0 Å². The Morgan fingerprint density at radius 2 is 2.23 bits per heavy atom. The number of ether oxygens (including phenoxy) is 2. The fourth-order valence-electron chi connectivity index (χ4n) is 1.53. The number of hydrogen-bond acceptors (Lipinski definition) is 5. The first kappa shape index (κ1) is 10.9. The van der Waals surface area contributed by atoms with Crippen molar-refractivity contribution in [2.75, 3.05) is 26.9 Å². The summed E-state index contributed by atoms with van der Waals surface area (Å²) in [5.74, 6) is 0. The quantitative estimate of drug-likeness (QED) is 0.507. The average molecular weight is 192 g/mol. The molecule has 0 unspecified atom stereocenters. The first-order valence-corrected chi connectivity index (χ1v) is 4.26. The maximum absolute atomic E-state index is 9.60. The highest BCUT2D eigenvalue weighted by molar-refractivity contribution is 4.95. The minimum Gasteiger partial charge on any atom is -0.393 e. The molecule has 0 aromatic heterocycles. The van der Waals surface area contributed by atoms with Gasteiger partial charge in [-0.15, -0.1) is 0 Å². The second-order valence-electron chi connectivity index (χ2n) is 3.31. The van der Waals surface area contributed by atoms with Crippen molar-refractivity contribution in [3.8, 4) is 0 Å². The fraction of sp³-hybridized carbons (Fsp3) is 1.00. The van der Waals surface area contributed by atoms with Gasteiger partial charge in [0, 0.05) is 7.11 Å². The number of rotatable bonds is 3. The number of aliphatic hydroxyl groups excluding tert-OH is 3. The van der Waals surface area contributed by atoms with Crippen LogP contribution >= 0.6 is 0 Å². The van der Waals surface area contributed by atoms with E-state index in [1.807, 2.05) is 0 Å². The summed E-state index contributed by atoms with van der Waals surface area (Å²) >= 11 is 0. The summed E-state index contributed by atoms with van der Waals surface area (Å²) in [6.45, 7) is 0.0307. The molecule has 1 heterocycles. The first-order chi connectivity index (χ1) is 6.16. The van der Waals surface area contributed by atoms with E-state index >= 15 is 0 Å². The maximum Gasteiger partial charge on any atom is 0.142 e. The van der Waals surface area contributed by atoms with Crippen LogP contribution in [0, 0.1) is 0 Å². The zero-order valence-corrected chi connectivity index (χ0v) is 7.64. The molecule has 1 aliphatic rings. The predicted molar refractivity (Wildman–Crippen MR) is 44.3 cm³/mol. The predicted octanol–water partition coefficient (Wildman–Crippen LogP) is -1.49. The number of hydrogen-bond donors (Lipinski definition) is 3. The standard InChI is InChI=1S/C8H16O5/c1-12-5-8(4-9)7(11)6(10)2-3-13-8/h6-7,9-11H,2-5H2,1H3/t6-,7-,8-/m1/s1. The first-order valence-electron chi connectivity index (χ1n) is 4.26. The molecule has 0 aromatic carbocycles. The van der Waals surface area contributed by atoms with Gasteiger partial charge in [0.05, 0.1) is 25.9 Å². The molecule has 0 aromatic rings. The molecule has 1 fully saturated rings. The third kappa shape index (κ3) is 2.00. The minimum atomic E-state index is -1.16. The van der Waals surface area contributed by atoms with E-state index in [9.17, 15) is 10.2 Å². The minimum absolute atomic E-state index is 0.0712. The van der Waals surface area contributed by atoms with Gasteiger partial charge in [-0.2, -0.15) is 0 Å². The third-order valence-electron chi connectivity index (χ3n) is 2.36. The van der Waals surface area contributed by atoms with Crippen LogP contribution in [0.2, 0.25) is 0 Å². The SMILES string of the molecule is COC[C@@]1(CO)OCC[C@@H](O)[C@H]1O. The van der Waals surface area contributed by atoms with E-state index in [4.69, 9.17) is 14.6 Å². The molecule has 0 amide bonds. The molecular weight excluding hydrogens is 176 g/mol. The largest absolute Gasteiger partial charge is 0.393 e. The van der Waals surface area contributed by atoms with Crippen LogP contribution in [-0.2, 0) is 9.47 Å². The van der Waals surface area contributed by atoms with E-state index in [0.717, 1.165) is 0 Å². The van der Waals surface area contributed by atoms with Crippen LogP contribution in [0.1, 0.15) is 6.42 Å². The van der Waals surface area contributed by atoms with Crippen LogP contribution in [-0.4, -0.2) is 60.1 Å². The molecule has 0 saturated carbocycles. The summed E-state index contributed by atoms with van der Waals surface area (Å²) in [6, 6.07) is 0. The molecule has 0 spiro atoms. The van der Waals surface area contributed by atoms with Gasteiger partial charge < -0.3 is 24.8 Å². The molecule has 78 valence electrons. The molecule has 3 atom stereocenters. The van der Waals surface area contributed by atoms with Gasteiger partial charge >= 0.3 is 0 Å². The topological polar surface area (TPSA) is 79.2 Å². The van der Waals surface area contributed by atoms with Crippen molar-refractivity contribution in [1.82, 2.24) is 0 Å². The lowest BCUT2D eigenvalue weighted by atomic mass is 9.90. The highest BCUT2D eigenvalue weighted by Gasteiger charge is 2.45. The second kappa shape index (κ2) is 4.34. The summed E-state index contributed by atoms with van der Waals surface area (Å²) in [4.78, 5) is 0. The van der Waals surface area contributed by atoms with Crippen LogP contribution in [0.25, 0.3) is 0 Å². The zero-order chi connectivity index (χ0) is 9.90. The van der Waals surface area contributed by atoms with Gasteiger partial charge in [0.2, 0.25) is 0 Å². The summed E-state index contributed by atoms with van der Waals surface area (Å²) in [6.07, 6.45) is -1.56. The smallest absolute Gasteiger partial charge is 0.142 e. The van der Waals surface area contributed by atoms with Crippen molar-refractivity contribution < 1.29 is 24.8 Å². The van der Waals surface area contributed by atoms with Gasteiger partial charge in [-0.25, -0.2) is 0 Å². The van der Waals surface area contributed by atoms with Crippen LogP contribution in [0.3, 0.4) is 0 Å². The summed E-state index contributed by atoms with van der Waals surface area (Å²) in [7, 11) is 1.45. The van der Waals surface area contributed by atoms with Crippen LogP contribution < -0.4 is 0 Å². The van der Waals surface area contributed by atoms with Gasteiger partial charge in [0.1, 0.15) is 11.7 Å². The van der Waals surface area contributed by atoms with Crippen molar-refractivity contribution in [2.24, 2.45) is 0 Å². The molecule has 1 rings (SSSR count).